The molecule has 6 bridgehead atoms. The number of rotatable bonds is 27. The molecule has 614 valence electrons. The first-order valence-corrected chi connectivity index (χ1v) is 44.1. The third kappa shape index (κ3) is 14.5. The summed E-state index contributed by atoms with van der Waals surface area (Å²) in [5.41, 5.74) is -4.03. The molecular weight excluding hydrogens is 1550 g/mol. The molecule has 28 nitrogen and oxygen atoms in total. The molecule has 10 aliphatic rings. The molecule has 31 heteroatoms. The largest absolute Gasteiger partial charge is 0.493 e. The molecule has 6 aliphatic carbocycles. The van der Waals surface area contributed by atoms with Crippen LogP contribution in [0.2, 0.25) is 0 Å². The number of fused-ring (bicyclic) bond motifs is 6. The van der Waals surface area contributed by atoms with Gasteiger partial charge in [0.05, 0.1) is 86.7 Å². The number of hydrogen-bond acceptors (Lipinski definition) is 25. The molecule has 0 radical (unpaired) electrons. The van der Waals surface area contributed by atoms with Gasteiger partial charge in [-0.3, -0.25) is 52.8 Å². The minimum Gasteiger partial charge on any atom is -0.493 e. The van der Waals surface area contributed by atoms with Gasteiger partial charge in [-0.1, -0.05) is 105 Å². The summed E-state index contributed by atoms with van der Waals surface area (Å²) in [5.74, 6) is -5.36. The third-order valence-electron chi connectivity index (χ3n) is 26.8. The number of hydrogen-bond donors (Lipinski definition) is 0. The standard InChI is InChI=1S/C29H33NO9S.C28H32N2O8S.C27H31NO7S/c1-4-5-9-24(32)38-15-14-37-22-11-10-21-25-19(22)7-6-8-20(25)26(33)30(27(21)34)39-40(35,36)17-29-13-12-18(16-23(29)31)28(29,2)3;1-27(2)18-8-9-28(27,23(31)16-18)17-39(34,35)38-30-25(32)20-5-3-4-19-22(7-6-21(24(19)20)26(30)33)37-15-12-29-10-13-36-14-11-29;1-16(2)11-13-34-21-9-8-20-23-18(21)6-5-7-19(23)24(30)28(25(20)31)35-36(32,33)15-27-12-10-17(14-22(27)29)26(27,3)4/h6-8,10-11,18H,4-5,9,12-17H2,1-3H3;3-7,18H,8-17H2,1-2H3;5-9,16-17H,10-15H2,1-4H3. The van der Waals surface area contributed by atoms with Crippen molar-refractivity contribution >= 4 is 121 Å². The first kappa shape index (κ1) is 82.6. The first-order valence-electron chi connectivity index (χ1n) is 39.4. The summed E-state index contributed by atoms with van der Waals surface area (Å²) >= 11 is 0. The van der Waals surface area contributed by atoms with Crippen molar-refractivity contribution in [1.82, 2.24) is 20.1 Å². The second-order valence-corrected chi connectivity index (χ2v) is 38.7. The van der Waals surface area contributed by atoms with E-state index in [4.69, 9.17) is 36.5 Å². The highest BCUT2D eigenvalue weighted by Gasteiger charge is 2.68. The summed E-state index contributed by atoms with van der Waals surface area (Å²) < 4.78 is 123. The maximum atomic E-state index is 13.4. The van der Waals surface area contributed by atoms with E-state index in [9.17, 15) is 73.2 Å². The number of Topliss-reactive ketones (excluding diaryl/α,β-unsaturated/α-hetero) is 3. The number of hydroxylamine groups is 6. The van der Waals surface area contributed by atoms with Gasteiger partial charge >= 0.3 is 5.97 Å². The van der Waals surface area contributed by atoms with Crippen LogP contribution in [0.25, 0.3) is 32.3 Å². The van der Waals surface area contributed by atoms with E-state index in [1.807, 2.05) is 48.5 Å². The number of ether oxygens (including phenoxy) is 5. The summed E-state index contributed by atoms with van der Waals surface area (Å²) in [6, 6.07) is 24.0. The molecule has 6 unspecified atom stereocenters. The normalized spacial score (nSPS) is 24.9. The summed E-state index contributed by atoms with van der Waals surface area (Å²) in [6.45, 7) is 22.4. The van der Waals surface area contributed by atoms with E-state index in [0.717, 1.165) is 51.6 Å². The average molecular weight is 1640 g/mol. The summed E-state index contributed by atoms with van der Waals surface area (Å²) in [6.07, 6.45) is 7.45. The van der Waals surface area contributed by atoms with E-state index in [1.165, 1.54) is 42.5 Å². The van der Waals surface area contributed by atoms with Crippen molar-refractivity contribution < 1.29 is 110 Å². The fourth-order valence-corrected chi connectivity index (χ4v) is 24.7. The minimum absolute atomic E-state index is 0.0460. The van der Waals surface area contributed by atoms with Crippen LogP contribution in [0.4, 0.5) is 0 Å². The van der Waals surface area contributed by atoms with Crippen LogP contribution in [0.5, 0.6) is 17.2 Å². The van der Waals surface area contributed by atoms with Gasteiger partial charge in [-0.05, 0) is 146 Å². The lowest BCUT2D eigenvalue weighted by Crippen LogP contribution is -2.46. The van der Waals surface area contributed by atoms with Gasteiger partial charge in [-0.2, -0.15) is 25.3 Å². The fourth-order valence-electron chi connectivity index (χ4n) is 19.6. The number of benzene rings is 6. The number of amides is 6. The van der Waals surface area contributed by atoms with Crippen molar-refractivity contribution in [2.24, 2.45) is 56.2 Å². The van der Waals surface area contributed by atoms with Gasteiger partial charge in [0.1, 0.15) is 54.4 Å². The molecule has 0 N–H and O–H groups in total. The van der Waals surface area contributed by atoms with Crippen molar-refractivity contribution in [2.75, 3.05) is 76.5 Å². The van der Waals surface area contributed by atoms with Gasteiger partial charge in [0.15, 0.2) is 0 Å². The zero-order chi connectivity index (χ0) is 82.5. The monoisotopic (exact) mass is 1640 g/mol. The predicted molar refractivity (Wildman–Crippen MR) is 417 cm³/mol. The maximum absolute atomic E-state index is 13.4. The summed E-state index contributed by atoms with van der Waals surface area (Å²) in [5, 5.41) is 3.72. The van der Waals surface area contributed by atoms with E-state index in [-0.39, 0.29) is 92.7 Å². The smallest absolute Gasteiger partial charge is 0.305 e. The molecule has 4 aliphatic heterocycles. The van der Waals surface area contributed by atoms with Crippen LogP contribution >= 0.6 is 0 Å². The molecule has 6 aromatic rings. The summed E-state index contributed by atoms with van der Waals surface area (Å²) in [7, 11) is -13.4. The second kappa shape index (κ2) is 30.8. The van der Waals surface area contributed by atoms with Crippen molar-refractivity contribution in [3.63, 3.8) is 0 Å². The first-order chi connectivity index (χ1) is 54.3. The van der Waals surface area contributed by atoms with Crippen LogP contribution in [-0.4, -0.2) is 181 Å². The molecule has 6 atom stereocenters. The Morgan fingerprint density at radius 3 is 1.10 bits per heavy atom. The number of esters is 1. The minimum atomic E-state index is -4.49. The Balaban J connectivity index is 0.000000143. The lowest BCUT2D eigenvalue weighted by Gasteiger charge is -2.36. The van der Waals surface area contributed by atoms with Crippen molar-refractivity contribution in [3.8, 4) is 17.2 Å². The third-order valence-corrected chi connectivity index (χ3v) is 30.5. The lowest BCUT2D eigenvalue weighted by molar-refractivity contribution is -0.144. The van der Waals surface area contributed by atoms with E-state index in [1.54, 1.807) is 48.5 Å². The molecule has 7 fully saturated rings. The molecular formula is C84H96N4O24S3. The van der Waals surface area contributed by atoms with Gasteiger partial charge in [0.2, 0.25) is 0 Å². The van der Waals surface area contributed by atoms with Crippen LogP contribution < -0.4 is 14.2 Å². The number of carbonyl (C=O) groups is 10. The number of morpholine rings is 1. The Labute approximate surface area is 667 Å². The molecule has 4 heterocycles. The average Bonchev–Trinajstić information content (AvgIpc) is 1.64. The van der Waals surface area contributed by atoms with Gasteiger partial charge < -0.3 is 23.7 Å². The van der Waals surface area contributed by atoms with Crippen molar-refractivity contribution in [3.05, 3.63) is 124 Å². The predicted octanol–water partition coefficient (Wildman–Crippen LogP) is 11.5. The molecule has 6 saturated carbocycles. The van der Waals surface area contributed by atoms with Crippen molar-refractivity contribution in [1.29, 1.82) is 0 Å². The fraction of sp³-hybridized carbons (Fsp3) is 0.524. The van der Waals surface area contributed by atoms with Gasteiger partial charge in [-0.25, -0.2) is 0 Å². The highest BCUT2D eigenvalue weighted by Crippen LogP contribution is 2.67. The maximum Gasteiger partial charge on any atom is 0.305 e. The van der Waals surface area contributed by atoms with Crippen molar-refractivity contribution in [2.45, 2.75) is 146 Å². The quantitative estimate of drug-likeness (QED) is 0.0262. The van der Waals surface area contributed by atoms with Crippen LogP contribution in [0.1, 0.15) is 208 Å². The number of imide groups is 3. The Morgan fingerprint density at radius 1 is 0.452 bits per heavy atom. The highest BCUT2D eigenvalue weighted by molar-refractivity contribution is 7.87. The zero-order valence-corrected chi connectivity index (χ0v) is 68.4. The number of carbonyl (C=O) groups excluding carboxylic acids is 10. The van der Waals surface area contributed by atoms with E-state index in [0.29, 0.717) is 144 Å². The molecule has 6 aromatic carbocycles. The van der Waals surface area contributed by atoms with E-state index < -0.39 is 116 Å². The topological polar surface area (TPSA) is 360 Å². The molecule has 16 rings (SSSR count). The Kier molecular flexibility index (Phi) is 22.1. The molecule has 0 aromatic heterocycles. The molecule has 115 heavy (non-hydrogen) atoms. The van der Waals surface area contributed by atoms with Gasteiger partial charge in [-0.15, -0.1) is 28.0 Å². The van der Waals surface area contributed by atoms with Crippen LogP contribution in [0, 0.1) is 56.2 Å². The molecule has 1 saturated heterocycles. The zero-order valence-electron chi connectivity index (χ0n) is 66.0. The Bertz CT molecular complexity index is 5370. The van der Waals surface area contributed by atoms with Gasteiger partial charge in [0, 0.05) is 77.6 Å². The number of unbranched alkanes of at least 4 members (excludes halogenated alkanes) is 1. The highest BCUT2D eigenvalue weighted by atomic mass is 32.2. The van der Waals surface area contributed by atoms with Gasteiger partial charge in [0.25, 0.3) is 65.8 Å². The second-order valence-electron chi connectivity index (χ2n) is 34.1. The molecule has 0 spiro atoms. The van der Waals surface area contributed by atoms with E-state index >= 15 is 0 Å². The van der Waals surface area contributed by atoms with Crippen LogP contribution in [0.15, 0.2) is 91.0 Å². The lowest BCUT2D eigenvalue weighted by atomic mass is 9.70. The number of ketones is 3. The summed E-state index contributed by atoms with van der Waals surface area (Å²) in [4.78, 5) is 133. The number of nitrogens with zero attached hydrogens (tertiary/aromatic N) is 4. The molecule has 6 amide bonds. The van der Waals surface area contributed by atoms with Crippen LogP contribution in [0.3, 0.4) is 0 Å². The van der Waals surface area contributed by atoms with Crippen LogP contribution in [-0.2, 0) is 71.9 Å². The Morgan fingerprint density at radius 2 is 0.783 bits per heavy atom. The van der Waals surface area contributed by atoms with E-state index in [2.05, 4.69) is 18.7 Å². The Hall–Kier alpha value is -8.95. The SMILES string of the molecule is CC(C)CCOc1ccc2c3c(cccc13)C(=O)N(OS(=O)(=O)CC13CCC(CC1=O)C3(C)C)C2=O.CC1(C)C2CCC1(CS(=O)(=O)ON1C(=O)c3cccc4c(OCCN5CCOCC5)ccc(c34)C1=O)C(=O)C2.CCCCC(=O)OCCOc1ccc2c3c(cccc13)C(=O)N(OS(=O)(=O)CC13CCC(CC1=O)C3(C)C)C2=O.